The van der Waals surface area contributed by atoms with Gasteiger partial charge in [-0.1, -0.05) is 74.4 Å². The predicted octanol–water partition coefficient (Wildman–Crippen LogP) is 5.61. The Labute approximate surface area is 253 Å². The van der Waals surface area contributed by atoms with Crippen molar-refractivity contribution >= 4 is 17.9 Å². The van der Waals surface area contributed by atoms with E-state index < -0.39 is 35.6 Å². The van der Waals surface area contributed by atoms with E-state index in [9.17, 15) is 24.6 Å². The van der Waals surface area contributed by atoms with Gasteiger partial charge in [0.1, 0.15) is 29.2 Å². The molecule has 3 rings (SSSR count). The van der Waals surface area contributed by atoms with Crippen LogP contribution in [-0.4, -0.2) is 51.2 Å². The fraction of sp³-hybridized carbons (Fsp3) is 0.382. The van der Waals surface area contributed by atoms with E-state index >= 15 is 0 Å². The van der Waals surface area contributed by atoms with E-state index in [-0.39, 0.29) is 31.0 Å². The van der Waals surface area contributed by atoms with Gasteiger partial charge < -0.3 is 30.5 Å². The Bertz CT molecular complexity index is 1340. The molecule has 0 bridgehead atoms. The van der Waals surface area contributed by atoms with Crippen molar-refractivity contribution in [2.24, 2.45) is 0 Å². The number of nitrogens with zero attached hydrogens (tertiary/aromatic N) is 1. The van der Waals surface area contributed by atoms with Gasteiger partial charge in [-0.2, -0.15) is 0 Å². The number of amides is 3. The number of phenolic OH excluding ortho intramolecular Hbond substituents is 2. The summed E-state index contributed by atoms with van der Waals surface area (Å²) in [5, 5.41) is 25.8. The van der Waals surface area contributed by atoms with Gasteiger partial charge in [0.25, 0.3) is 0 Å². The number of ether oxygens (including phenoxy) is 1. The molecule has 9 heteroatoms. The van der Waals surface area contributed by atoms with Gasteiger partial charge in [-0.25, -0.2) is 4.79 Å². The number of hydrogen-bond donors (Lipinski definition) is 4. The van der Waals surface area contributed by atoms with E-state index in [1.54, 1.807) is 45.0 Å². The van der Waals surface area contributed by atoms with Gasteiger partial charge in [0.2, 0.25) is 11.8 Å². The Kier molecular flexibility index (Phi) is 12.0. The maximum absolute atomic E-state index is 14.5. The maximum Gasteiger partial charge on any atom is 0.408 e. The summed E-state index contributed by atoms with van der Waals surface area (Å²) in [7, 11) is 0. The van der Waals surface area contributed by atoms with Crippen LogP contribution in [0.5, 0.6) is 11.5 Å². The van der Waals surface area contributed by atoms with Crippen molar-refractivity contribution in [2.45, 2.75) is 77.6 Å². The van der Waals surface area contributed by atoms with E-state index in [1.165, 1.54) is 29.2 Å². The molecule has 0 aliphatic carbocycles. The summed E-state index contributed by atoms with van der Waals surface area (Å²) in [6, 6.07) is 20.0. The van der Waals surface area contributed by atoms with Gasteiger partial charge in [-0.05, 0) is 68.1 Å². The number of nitrogens with one attached hydrogen (secondary N) is 2. The van der Waals surface area contributed by atoms with Crippen LogP contribution < -0.4 is 10.6 Å². The summed E-state index contributed by atoms with van der Waals surface area (Å²) in [5.41, 5.74) is 1.24. The number of unbranched alkanes of at least 4 members (excludes halogenated alkanes) is 2. The SMILES string of the molecule is CCCCCN(C(=O)C(Cc1ccc(O)cc1)NC(=O)OC(C)(C)C)C(C(=O)NCc1ccccc1)c1cccc(O)c1. The number of hydrogen-bond acceptors (Lipinski definition) is 6. The third-order valence-electron chi connectivity index (χ3n) is 6.71. The largest absolute Gasteiger partial charge is 0.508 e. The quantitative estimate of drug-likeness (QED) is 0.192. The van der Waals surface area contributed by atoms with Crippen LogP contribution in [0.4, 0.5) is 4.79 Å². The molecule has 0 radical (unpaired) electrons. The van der Waals surface area contributed by atoms with Gasteiger partial charge >= 0.3 is 6.09 Å². The lowest BCUT2D eigenvalue weighted by Crippen LogP contribution is -2.54. The monoisotopic (exact) mass is 589 g/mol. The fourth-order valence-corrected chi connectivity index (χ4v) is 4.67. The molecule has 0 aliphatic rings. The Balaban J connectivity index is 2.02. The highest BCUT2D eigenvalue weighted by Gasteiger charge is 2.36. The molecule has 43 heavy (non-hydrogen) atoms. The number of phenols is 2. The minimum atomic E-state index is -1.08. The van der Waals surface area contributed by atoms with Crippen molar-refractivity contribution in [1.29, 1.82) is 0 Å². The van der Waals surface area contributed by atoms with Crippen LogP contribution >= 0.6 is 0 Å². The van der Waals surface area contributed by atoms with E-state index in [4.69, 9.17) is 4.74 Å². The molecule has 0 aromatic heterocycles. The molecule has 0 aliphatic heterocycles. The standard InChI is InChI=1S/C34H43N3O6/c1-5-6-10-20-37(30(26-14-11-15-28(39)22-26)31(40)35-23-25-12-8-7-9-13-25)32(41)29(36-33(42)43-34(2,3)4)21-24-16-18-27(38)19-17-24/h7-9,11-19,22,29-30,38-39H,5-6,10,20-21,23H2,1-4H3,(H,35,40)(H,36,42). The Hall–Kier alpha value is -4.53. The first-order valence-corrected chi connectivity index (χ1v) is 14.7. The van der Waals surface area contributed by atoms with E-state index in [1.807, 2.05) is 37.3 Å². The third kappa shape index (κ3) is 10.7. The molecular formula is C34H43N3O6. The summed E-state index contributed by atoms with van der Waals surface area (Å²) in [5.74, 6) is -0.850. The molecule has 2 unspecified atom stereocenters. The van der Waals surface area contributed by atoms with Crippen LogP contribution in [0.15, 0.2) is 78.9 Å². The zero-order chi connectivity index (χ0) is 31.4. The maximum atomic E-state index is 14.5. The zero-order valence-corrected chi connectivity index (χ0v) is 25.4. The van der Waals surface area contributed by atoms with E-state index in [0.717, 1.165) is 18.4 Å². The number of aromatic hydroxyl groups is 2. The summed E-state index contributed by atoms with van der Waals surface area (Å²) in [6.45, 7) is 7.73. The van der Waals surface area contributed by atoms with Crippen LogP contribution in [0.2, 0.25) is 0 Å². The summed E-state index contributed by atoms with van der Waals surface area (Å²) in [4.78, 5) is 42.8. The summed E-state index contributed by atoms with van der Waals surface area (Å²) >= 11 is 0. The highest BCUT2D eigenvalue weighted by atomic mass is 16.6. The van der Waals surface area contributed by atoms with Gasteiger partial charge in [-0.15, -0.1) is 0 Å². The molecule has 3 amide bonds. The second-order valence-electron chi connectivity index (χ2n) is 11.5. The minimum Gasteiger partial charge on any atom is -0.508 e. The summed E-state index contributed by atoms with van der Waals surface area (Å²) in [6.07, 6.45) is 1.68. The van der Waals surface area contributed by atoms with Gasteiger partial charge in [-0.3, -0.25) is 9.59 Å². The van der Waals surface area contributed by atoms with Crippen molar-refractivity contribution < 1.29 is 29.3 Å². The Morgan fingerprint density at radius 3 is 2.19 bits per heavy atom. The summed E-state index contributed by atoms with van der Waals surface area (Å²) < 4.78 is 5.48. The number of carbonyl (C=O) groups is 3. The van der Waals surface area contributed by atoms with Crippen LogP contribution in [0.1, 0.15) is 69.7 Å². The van der Waals surface area contributed by atoms with Gasteiger partial charge in [0, 0.05) is 19.5 Å². The predicted molar refractivity (Wildman–Crippen MR) is 165 cm³/mol. The molecule has 3 aromatic carbocycles. The lowest BCUT2D eigenvalue weighted by atomic mass is 9.99. The second-order valence-corrected chi connectivity index (χ2v) is 11.5. The smallest absolute Gasteiger partial charge is 0.408 e. The van der Waals surface area contributed by atoms with Crippen LogP contribution in [0.3, 0.4) is 0 Å². The molecule has 3 aromatic rings. The fourth-order valence-electron chi connectivity index (χ4n) is 4.67. The van der Waals surface area contributed by atoms with Crippen molar-refractivity contribution in [3.8, 4) is 11.5 Å². The average Bonchev–Trinajstić information content (AvgIpc) is 2.95. The average molecular weight is 590 g/mol. The first-order chi connectivity index (χ1) is 20.5. The lowest BCUT2D eigenvalue weighted by molar-refractivity contribution is -0.142. The molecule has 0 saturated heterocycles. The topological polar surface area (TPSA) is 128 Å². The van der Waals surface area contributed by atoms with Gasteiger partial charge in [0.15, 0.2) is 0 Å². The number of carbonyl (C=O) groups excluding carboxylic acids is 3. The number of rotatable bonds is 13. The Morgan fingerprint density at radius 2 is 1.56 bits per heavy atom. The first-order valence-electron chi connectivity index (χ1n) is 14.7. The molecule has 0 fully saturated rings. The Morgan fingerprint density at radius 1 is 0.860 bits per heavy atom. The third-order valence-corrected chi connectivity index (χ3v) is 6.71. The first kappa shape index (κ1) is 33.0. The zero-order valence-electron chi connectivity index (χ0n) is 25.4. The van der Waals surface area contributed by atoms with Crippen LogP contribution in [0.25, 0.3) is 0 Å². The van der Waals surface area contributed by atoms with Crippen molar-refractivity contribution in [2.75, 3.05) is 6.54 Å². The molecular weight excluding hydrogens is 546 g/mol. The van der Waals surface area contributed by atoms with Gasteiger partial charge in [0.05, 0.1) is 0 Å². The number of benzene rings is 3. The molecule has 4 N–H and O–H groups in total. The lowest BCUT2D eigenvalue weighted by Gasteiger charge is -2.34. The van der Waals surface area contributed by atoms with Crippen molar-refractivity contribution in [3.05, 3.63) is 95.6 Å². The van der Waals surface area contributed by atoms with Crippen LogP contribution in [-0.2, 0) is 27.3 Å². The highest BCUT2D eigenvalue weighted by molar-refractivity contribution is 5.92. The molecule has 9 nitrogen and oxygen atoms in total. The minimum absolute atomic E-state index is 0.0353. The number of alkyl carbamates (subject to hydrolysis) is 1. The van der Waals surface area contributed by atoms with Crippen molar-refractivity contribution in [1.82, 2.24) is 15.5 Å². The molecule has 0 spiro atoms. The second kappa shape index (κ2) is 15.6. The molecule has 230 valence electrons. The van der Waals surface area contributed by atoms with Crippen molar-refractivity contribution in [3.63, 3.8) is 0 Å². The molecule has 2 atom stereocenters. The van der Waals surface area contributed by atoms with Crippen LogP contribution in [0, 0.1) is 0 Å². The van der Waals surface area contributed by atoms with E-state index in [0.29, 0.717) is 17.5 Å². The normalized spacial score (nSPS) is 12.6. The molecule has 0 saturated carbocycles. The molecule has 0 heterocycles. The highest BCUT2D eigenvalue weighted by Crippen LogP contribution is 2.27. The van der Waals surface area contributed by atoms with E-state index in [2.05, 4.69) is 10.6 Å².